The summed E-state index contributed by atoms with van der Waals surface area (Å²) >= 11 is 11.4. The molecular formula is C18H8Cl2F6N2. The number of alkyl halides is 6. The predicted molar refractivity (Wildman–Crippen MR) is 92.9 cm³/mol. The molecule has 0 aliphatic heterocycles. The molecule has 2 aromatic carbocycles. The minimum absolute atomic E-state index is 0.197. The van der Waals surface area contributed by atoms with Crippen LogP contribution in [0.5, 0.6) is 0 Å². The molecule has 0 atom stereocenters. The Balaban J connectivity index is 2.38. The van der Waals surface area contributed by atoms with Gasteiger partial charge >= 0.3 is 12.4 Å². The van der Waals surface area contributed by atoms with Crippen molar-refractivity contribution < 1.29 is 26.3 Å². The summed E-state index contributed by atoms with van der Waals surface area (Å²) in [5.41, 5.74) is -6.09. The van der Waals surface area contributed by atoms with E-state index in [0.717, 1.165) is 24.3 Å². The lowest BCUT2D eigenvalue weighted by molar-refractivity contribution is -0.161. The average molecular weight is 437 g/mol. The largest absolute Gasteiger partial charge is 0.419 e. The Morgan fingerprint density at radius 3 is 1.07 bits per heavy atom. The average Bonchev–Trinajstić information content (AvgIpc) is 2.60. The van der Waals surface area contributed by atoms with Gasteiger partial charge in [-0.15, -0.1) is 10.2 Å². The highest BCUT2D eigenvalue weighted by Gasteiger charge is 2.48. The molecule has 0 fully saturated rings. The monoisotopic (exact) mass is 436 g/mol. The van der Waals surface area contributed by atoms with Gasteiger partial charge in [0.05, 0.1) is 11.1 Å². The lowest BCUT2D eigenvalue weighted by Gasteiger charge is -2.21. The van der Waals surface area contributed by atoms with Crippen molar-refractivity contribution in [3.05, 3.63) is 69.7 Å². The van der Waals surface area contributed by atoms with Crippen LogP contribution in [0.15, 0.2) is 48.5 Å². The smallest absolute Gasteiger partial charge is 0.166 e. The van der Waals surface area contributed by atoms with Crippen LogP contribution in [-0.2, 0) is 12.4 Å². The maximum Gasteiger partial charge on any atom is 0.419 e. The van der Waals surface area contributed by atoms with E-state index >= 15 is 0 Å². The van der Waals surface area contributed by atoms with Gasteiger partial charge in [-0.2, -0.15) is 26.3 Å². The van der Waals surface area contributed by atoms with Crippen molar-refractivity contribution in [2.45, 2.75) is 12.4 Å². The standard InChI is InChI=1S/C18H8Cl2F6N2/c19-11-5-1-9(2-6-11)15-13(17(21,22)23)14(18(24,25)26)16(28-27-15)10-3-7-12(20)8-4-10/h1-8H. The molecule has 2 nitrogen and oxygen atoms in total. The van der Waals surface area contributed by atoms with E-state index in [4.69, 9.17) is 23.2 Å². The summed E-state index contributed by atoms with van der Waals surface area (Å²) in [7, 11) is 0. The zero-order valence-electron chi connectivity index (χ0n) is 13.5. The summed E-state index contributed by atoms with van der Waals surface area (Å²) in [5, 5.41) is 7.36. The third-order valence-electron chi connectivity index (χ3n) is 3.78. The van der Waals surface area contributed by atoms with Gasteiger partial charge in [-0.05, 0) is 24.3 Å². The SMILES string of the molecule is FC(F)(F)c1c(-c2ccc(Cl)cc2)nnc(-c2ccc(Cl)cc2)c1C(F)(F)F. The van der Waals surface area contributed by atoms with E-state index in [9.17, 15) is 26.3 Å². The third kappa shape index (κ3) is 4.07. The summed E-state index contributed by atoms with van der Waals surface area (Å²) in [5.74, 6) is 0. The fourth-order valence-corrected chi connectivity index (χ4v) is 2.86. The van der Waals surface area contributed by atoms with Crippen molar-refractivity contribution >= 4 is 23.2 Å². The van der Waals surface area contributed by atoms with Gasteiger partial charge in [-0.3, -0.25) is 0 Å². The first-order valence-electron chi connectivity index (χ1n) is 7.55. The summed E-state index contributed by atoms with van der Waals surface area (Å²) in [4.78, 5) is 0. The number of benzene rings is 2. The number of halogens is 8. The van der Waals surface area contributed by atoms with Crippen LogP contribution in [0.1, 0.15) is 11.1 Å². The normalized spacial score (nSPS) is 12.3. The highest BCUT2D eigenvalue weighted by Crippen LogP contribution is 2.47. The second kappa shape index (κ2) is 7.25. The predicted octanol–water partition coefficient (Wildman–Crippen LogP) is 7.16. The molecule has 0 amide bonds. The molecule has 0 saturated carbocycles. The molecule has 0 radical (unpaired) electrons. The fourth-order valence-electron chi connectivity index (χ4n) is 2.61. The number of hydrogen-bond acceptors (Lipinski definition) is 2. The molecular weight excluding hydrogens is 429 g/mol. The lowest BCUT2D eigenvalue weighted by Crippen LogP contribution is -2.21. The van der Waals surface area contributed by atoms with Gasteiger partial charge in [0.1, 0.15) is 11.4 Å². The molecule has 0 aliphatic rings. The van der Waals surface area contributed by atoms with Gasteiger partial charge in [0.15, 0.2) is 0 Å². The maximum absolute atomic E-state index is 13.7. The van der Waals surface area contributed by atoms with Crippen molar-refractivity contribution in [1.29, 1.82) is 0 Å². The molecule has 0 unspecified atom stereocenters. The zero-order valence-corrected chi connectivity index (χ0v) is 15.0. The molecule has 10 heteroatoms. The van der Waals surface area contributed by atoms with E-state index in [1.807, 2.05) is 0 Å². The number of nitrogens with zero attached hydrogens (tertiary/aromatic N) is 2. The Hall–Kier alpha value is -2.32. The Kier molecular flexibility index (Phi) is 5.29. The van der Waals surface area contributed by atoms with E-state index in [0.29, 0.717) is 0 Å². The van der Waals surface area contributed by atoms with E-state index in [-0.39, 0.29) is 21.2 Å². The minimum atomic E-state index is -5.34. The van der Waals surface area contributed by atoms with E-state index < -0.39 is 34.9 Å². The van der Waals surface area contributed by atoms with Gasteiger partial charge in [0, 0.05) is 21.2 Å². The van der Waals surface area contributed by atoms with E-state index in [1.54, 1.807) is 0 Å². The van der Waals surface area contributed by atoms with Crippen molar-refractivity contribution in [3.8, 4) is 22.5 Å². The lowest BCUT2D eigenvalue weighted by atomic mass is 9.96. The summed E-state index contributed by atoms with van der Waals surface area (Å²) in [6.07, 6.45) is -10.7. The first-order valence-corrected chi connectivity index (χ1v) is 8.31. The molecule has 3 rings (SSSR count). The van der Waals surface area contributed by atoms with Crippen molar-refractivity contribution in [2.24, 2.45) is 0 Å². The van der Waals surface area contributed by atoms with Crippen molar-refractivity contribution in [3.63, 3.8) is 0 Å². The van der Waals surface area contributed by atoms with Gasteiger partial charge in [0.25, 0.3) is 0 Å². The van der Waals surface area contributed by atoms with E-state index in [2.05, 4.69) is 10.2 Å². The summed E-state index contributed by atoms with van der Waals surface area (Å²) in [6.45, 7) is 0. The number of rotatable bonds is 2. The van der Waals surface area contributed by atoms with Crippen LogP contribution >= 0.6 is 23.2 Å². The Morgan fingerprint density at radius 1 is 0.536 bits per heavy atom. The van der Waals surface area contributed by atoms with Crippen LogP contribution in [0.3, 0.4) is 0 Å². The van der Waals surface area contributed by atoms with Crippen LogP contribution in [-0.4, -0.2) is 10.2 Å². The molecule has 0 bridgehead atoms. The summed E-state index contributed by atoms with van der Waals surface area (Å²) in [6, 6.07) is 9.57. The van der Waals surface area contributed by atoms with Crippen molar-refractivity contribution in [1.82, 2.24) is 10.2 Å². The number of aromatic nitrogens is 2. The third-order valence-corrected chi connectivity index (χ3v) is 4.28. The fraction of sp³-hybridized carbons (Fsp3) is 0.111. The first-order chi connectivity index (χ1) is 13.0. The molecule has 3 aromatic rings. The first kappa shape index (κ1) is 20.4. The Bertz CT molecular complexity index is 914. The Morgan fingerprint density at radius 2 is 0.821 bits per heavy atom. The molecule has 146 valence electrons. The molecule has 0 aliphatic carbocycles. The van der Waals surface area contributed by atoms with Crippen LogP contribution in [0.25, 0.3) is 22.5 Å². The van der Waals surface area contributed by atoms with Crippen LogP contribution in [0.2, 0.25) is 10.0 Å². The van der Waals surface area contributed by atoms with Crippen LogP contribution < -0.4 is 0 Å². The molecule has 0 N–H and O–H groups in total. The van der Waals surface area contributed by atoms with Gasteiger partial charge in [-0.25, -0.2) is 0 Å². The highest BCUT2D eigenvalue weighted by atomic mass is 35.5. The molecule has 28 heavy (non-hydrogen) atoms. The second-order valence-corrected chi connectivity index (χ2v) is 6.53. The van der Waals surface area contributed by atoms with Gasteiger partial charge in [0.2, 0.25) is 0 Å². The molecule has 1 heterocycles. The summed E-state index contributed by atoms with van der Waals surface area (Å²) < 4.78 is 82.5. The molecule has 1 aromatic heterocycles. The second-order valence-electron chi connectivity index (χ2n) is 5.66. The van der Waals surface area contributed by atoms with Gasteiger partial charge < -0.3 is 0 Å². The highest BCUT2D eigenvalue weighted by molar-refractivity contribution is 6.30. The van der Waals surface area contributed by atoms with Gasteiger partial charge in [-0.1, -0.05) is 47.5 Å². The van der Waals surface area contributed by atoms with Crippen molar-refractivity contribution in [2.75, 3.05) is 0 Å². The Labute approximate surface area is 164 Å². The quantitative estimate of drug-likeness (QED) is 0.398. The molecule has 0 saturated heterocycles. The topological polar surface area (TPSA) is 25.8 Å². The van der Waals surface area contributed by atoms with Crippen LogP contribution in [0.4, 0.5) is 26.3 Å². The zero-order chi connectivity index (χ0) is 20.7. The van der Waals surface area contributed by atoms with E-state index in [1.165, 1.54) is 24.3 Å². The van der Waals surface area contributed by atoms with Crippen LogP contribution in [0, 0.1) is 0 Å². The minimum Gasteiger partial charge on any atom is -0.166 e. The number of hydrogen-bond donors (Lipinski definition) is 0. The molecule has 0 spiro atoms. The maximum atomic E-state index is 13.7.